The fourth-order valence-corrected chi connectivity index (χ4v) is 5.49. The summed E-state index contributed by atoms with van der Waals surface area (Å²) in [6.45, 7) is 2.84. The normalized spacial score (nSPS) is 19.5. The number of amides is 2. The average molecular weight is 458 g/mol. The molecule has 1 atom stereocenters. The second-order valence-corrected chi connectivity index (χ2v) is 9.98. The zero-order valence-corrected chi connectivity index (χ0v) is 18.7. The van der Waals surface area contributed by atoms with Crippen LogP contribution in [0.5, 0.6) is 5.75 Å². The molecule has 2 N–H and O–H groups in total. The summed E-state index contributed by atoms with van der Waals surface area (Å²) < 4.78 is 33.3. The van der Waals surface area contributed by atoms with Crippen LogP contribution in [-0.2, 0) is 26.2 Å². The number of sulfonamides is 1. The molecule has 1 fully saturated rings. The van der Waals surface area contributed by atoms with E-state index in [4.69, 9.17) is 4.74 Å². The van der Waals surface area contributed by atoms with Gasteiger partial charge in [-0.3, -0.25) is 9.59 Å². The Labute approximate surface area is 188 Å². The molecule has 2 amide bonds. The number of nitrogens with zero attached hydrogens (tertiary/aromatic N) is 1. The van der Waals surface area contributed by atoms with Crippen molar-refractivity contribution in [2.24, 2.45) is 5.92 Å². The third-order valence-electron chi connectivity index (χ3n) is 5.91. The Morgan fingerprint density at radius 1 is 1.16 bits per heavy atom. The lowest BCUT2D eigenvalue weighted by Gasteiger charge is -2.31. The highest BCUT2D eigenvalue weighted by molar-refractivity contribution is 7.89. The smallest absolute Gasteiger partial charge is 0.265 e. The highest BCUT2D eigenvalue weighted by Crippen LogP contribution is 2.34. The molecule has 8 nitrogen and oxygen atoms in total. The first-order valence-electron chi connectivity index (χ1n) is 10.8. The monoisotopic (exact) mass is 457 g/mol. The predicted octanol–water partition coefficient (Wildman–Crippen LogP) is 2.51. The van der Waals surface area contributed by atoms with Gasteiger partial charge in [0.25, 0.3) is 5.91 Å². The number of carbonyl (C=O) groups excluding carboxylic acids is 2. The molecule has 32 heavy (non-hydrogen) atoms. The average Bonchev–Trinajstić information content (AvgIpc) is 2.82. The van der Waals surface area contributed by atoms with E-state index < -0.39 is 16.1 Å². The first-order chi connectivity index (χ1) is 15.4. The number of ether oxygens (including phenoxy) is 1. The van der Waals surface area contributed by atoms with E-state index in [1.165, 1.54) is 16.4 Å². The van der Waals surface area contributed by atoms with Gasteiger partial charge in [-0.05, 0) is 43.0 Å². The fourth-order valence-electron chi connectivity index (χ4n) is 4.00. The molecule has 170 valence electrons. The Morgan fingerprint density at radius 3 is 2.56 bits per heavy atom. The summed E-state index contributed by atoms with van der Waals surface area (Å²) in [5, 5.41) is 5.67. The van der Waals surface area contributed by atoms with Gasteiger partial charge in [0.05, 0.1) is 10.6 Å². The fraction of sp³-hybridized carbons (Fsp3) is 0.391. The van der Waals surface area contributed by atoms with Crippen molar-refractivity contribution >= 4 is 27.5 Å². The number of anilines is 1. The van der Waals surface area contributed by atoms with E-state index in [1.807, 2.05) is 37.3 Å². The number of hydrogen-bond donors (Lipinski definition) is 2. The van der Waals surface area contributed by atoms with Gasteiger partial charge in [0, 0.05) is 25.6 Å². The number of hydrogen-bond acceptors (Lipinski definition) is 5. The van der Waals surface area contributed by atoms with Crippen molar-refractivity contribution < 1.29 is 22.7 Å². The Balaban J connectivity index is 1.37. The molecule has 0 aromatic heterocycles. The summed E-state index contributed by atoms with van der Waals surface area (Å²) in [7, 11) is -3.74. The molecule has 0 aliphatic carbocycles. The lowest BCUT2D eigenvalue weighted by molar-refractivity contribution is -0.126. The van der Waals surface area contributed by atoms with Crippen molar-refractivity contribution in [2.75, 3.05) is 18.4 Å². The van der Waals surface area contributed by atoms with Crippen molar-refractivity contribution in [2.45, 2.75) is 43.7 Å². The number of rotatable bonds is 6. The van der Waals surface area contributed by atoms with Crippen molar-refractivity contribution in [3.05, 3.63) is 54.1 Å². The number of piperidine rings is 1. The second-order valence-electron chi connectivity index (χ2n) is 8.04. The van der Waals surface area contributed by atoms with Crippen LogP contribution in [0.3, 0.4) is 0 Å². The first-order valence-corrected chi connectivity index (χ1v) is 12.3. The van der Waals surface area contributed by atoms with Gasteiger partial charge in [0.1, 0.15) is 5.75 Å². The van der Waals surface area contributed by atoms with Crippen LogP contribution in [-0.4, -0.2) is 43.7 Å². The summed E-state index contributed by atoms with van der Waals surface area (Å²) in [6.07, 6.45) is 0.877. The van der Waals surface area contributed by atoms with Crippen molar-refractivity contribution in [1.82, 2.24) is 9.62 Å². The summed E-state index contributed by atoms with van der Waals surface area (Å²) in [6, 6.07) is 14.2. The molecular formula is C23H27N3O5S. The maximum Gasteiger partial charge on any atom is 0.265 e. The quantitative estimate of drug-likeness (QED) is 0.694. The van der Waals surface area contributed by atoms with Crippen molar-refractivity contribution in [1.29, 1.82) is 0 Å². The van der Waals surface area contributed by atoms with E-state index in [1.54, 1.807) is 6.07 Å². The van der Waals surface area contributed by atoms with E-state index in [-0.39, 0.29) is 35.7 Å². The minimum atomic E-state index is -3.74. The topological polar surface area (TPSA) is 105 Å². The van der Waals surface area contributed by atoms with Crippen LogP contribution >= 0.6 is 0 Å². The molecule has 0 unspecified atom stereocenters. The maximum atomic E-state index is 13.1. The molecule has 9 heteroatoms. The van der Waals surface area contributed by atoms with E-state index in [0.717, 1.165) is 5.56 Å². The lowest BCUT2D eigenvalue weighted by atomic mass is 9.97. The van der Waals surface area contributed by atoms with Crippen molar-refractivity contribution in [3.63, 3.8) is 0 Å². The van der Waals surface area contributed by atoms with Crippen LogP contribution in [0.1, 0.15) is 31.7 Å². The molecule has 1 saturated heterocycles. The first kappa shape index (κ1) is 22.3. The van der Waals surface area contributed by atoms with Crippen LogP contribution < -0.4 is 15.4 Å². The van der Waals surface area contributed by atoms with E-state index >= 15 is 0 Å². The highest BCUT2D eigenvalue weighted by Gasteiger charge is 2.33. The largest absolute Gasteiger partial charge is 0.478 e. The van der Waals surface area contributed by atoms with E-state index in [9.17, 15) is 18.0 Å². The van der Waals surface area contributed by atoms with Gasteiger partial charge in [0.2, 0.25) is 15.9 Å². The van der Waals surface area contributed by atoms with Crippen LogP contribution in [0.2, 0.25) is 0 Å². The van der Waals surface area contributed by atoms with Crippen molar-refractivity contribution in [3.8, 4) is 5.75 Å². The molecule has 2 aromatic rings. The van der Waals surface area contributed by atoms with Crippen LogP contribution in [0.25, 0.3) is 0 Å². The summed E-state index contributed by atoms with van der Waals surface area (Å²) in [4.78, 5) is 24.7. The number of nitrogens with one attached hydrogen (secondary N) is 2. The van der Waals surface area contributed by atoms with Gasteiger partial charge in [-0.2, -0.15) is 4.31 Å². The molecule has 2 aliphatic rings. The SMILES string of the molecule is CC[C@H]1Oc2ccc(S(=O)(=O)N3CCC(C(=O)NCc4ccccc4)CC3)cc2NC1=O. The van der Waals surface area contributed by atoms with Gasteiger partial charge in [-0.1, -0.05) is 37.3 Å². The molecule has 2 aromatic carbocycles. The van der Waals surface area contributed by atoms with Gasteiger partial charge >= 0.3 is 0 Å². The van der Waals surface area contributed by atoms with E-state index in [0.29, 0.717) is 37.2 Å². The lowest BCUT2D eigenvalue weighted by Crippen LogP contribution is -2.43. The summed E-state index contributed by atoms with van der Waals surface area (Å²) in [5.41, 5.74) is 1.38. The second kappa shape index (κ2) is 9.30. The number of benzene rings is 2. The Kier molecular flexibility index (Phi) is 6.48. The number of carbonyl (C=O) groups is 2. The molecule has 2 aliphatic heterocycles. The Hall–Kier alpha value is -2.91. The predicted molar refractivity (Wildman–Crippen MR) is 120 cm³/mol. The van der Waals surface area contributed by atoms with Crippen LogP contribution in [0.4, 0.5) is 5.69 Å². The van der Waals surface area contributed by atoms with Crippen LogP contribution in [0, 0.1) is 5.92 Å². The standard InChI is InChI=1S/C23H27N3O5S/c1-2-20-23(28)25-19-14-18(8-9-21(19)31-20)32(29,30)26-12-10-17(11-13-26)22(27)24-15-16-6-4-3-5-7-16/h3-9,14,17,20H,2,10-13,15H2,1H3,(H,24,27)(H,25,28)/t20-/m1/s1. The Bertz CT molecular complexity index is 1100. The molecule has 0 radical (unpaired) electrons. The van der Waals surface area contributed by atoms with Gasteiger partial charge < -0.3 is 15.4 Å². The third-order valence-corrected chi connectivity index (χ3v) is 7.81. The zero-order chi connectivity index (χ0) is 22.7. The Morgan fingerprint density at radius 2 is 1.88 bits per heavy atom. The minimum absolute atomic E-state index is 0.0509. The summed E-state index contributed by atoms with van der Waals surface area (Å²) >= 11 is 0. The van der Waals surface area contributed by atoms with Gasteiger partial charge in [0.15, 0.2) is 6.10 Å². The zero-order valence-electron chi connectivity index (χ0n) is 17.9. The molecular weight excluding hydrogens is 430 g/mol. The molecule has 0 bridgehead atoms. The minimum Gasteiger partial charge on any atom is -0.478 e. The maximum absolute atomic E-state index is 13.1. The molecule has 4 rings (SSSR count). The van der Waals surface area contributed by atoms with Gasteiger partial charge in [-0.25, -0.2) is 8.42 Å². The van der Waals surface area contributed by atoms with Gasteiger partial charge in [-0.15, -0.1) is 0 Å². The van der Waals surface area contributed by atoms with E-state index in [2.05, 4.69) is 10.6 Å². The van der Waals surface area contributed by atoms with Crippen LogP contribution in [0.15, 0.2) is 53.4 Å². The molecule has 2 heterocycles. The molecule has 0 spiro atoms. The third kappa shape index (κ3) is 4.63. The highest BCUT2D eigenvalue weighted by atomic mass is 32.2. The number of fused-ring (bicyclic) bond motifs is 1. The summed E-state index contributed by atoms with van der Waals surface area (Å²) in [5.74, 6) is -0.0848. The molecule has 0 saturated carbocycles.